The van der Waals surface area contributed by atoms with Crippen molar-refractivity contribution >= 4 is 11.9 Å². The van der Waals surface area contributed by atoms with E-state index in [1.54, 1.807) is 0 Å². The summed E-state index contributed by atoms with van der Waals surface area (Å²) in [5.74, 6) is -0.0985. The molecule has 1 aliphatic rings. The summed E-state index contributed by atoms with van der Waals surface area (Å²) in [5, 5.41) is 8.71. The maximum Gasteiger partial charge on any atom is 0.408 e. The van der Waals surface area contributed by atoms with Gasteiger partial charge in [0.15, 0.2) is 5.78 Å². The minimum absolute atomic E-state index is 0.0180. The average Bonchev–Trinajstić information content (AvgIpc) is 2.46. The standard InChI is InChI=1S/C9H14N2O3/c1-6(10(2)3)7-4-11(9(13)14)5-8(7)12/h4-5H2,1-3H3,(H,13,14)/b7-6-. The number of allylic oxidation sites excluding steroid dienone is 1. The summed E-state index contributed by atoms with van der Waals surface area (Å²) < 4.78 is 0. The number of carbonyl (C=O) groups excluding carboxylic acids is 1. The number of likely N-dealkylation sites (tertiary alicyclic amines) is 1. The van der Waals surface area contributed by atoms with Crippen molar-refractivity contribution in [2.75, 3.05) is 27.2 Å². The van der Waals surface area contributed by atoms with Crippen LogP contribution in [-0.4, -0.2) is 54.0 Å². The van der Waals surface area contributed by atoms with Gasteiger partial charge in [0.05, 0.1) is 13.1 Å². The van der Waals surface area contributed by atoms with Crippen LogP contribution >= 0.6 is 0 Å². The van der Waals surface area contributed by atoms with Crippen LogP contribution in [-0.2, 0) is 4.79 Å². The Morgan fingerprint density at radius 1 is 1.43 bits per heavy atom. The van der Waals surface area contributed by atoms with Crippen LogP contribution in [0.3, 0.4) is 0 Å². The molecule has 1 N–H and O–H groups in total. The molecule has 0 aromatic rings. The minimum Gasteiger partial charge on any atom is -0.465 e. The van der Waals surface area contributed by atoms with Gasteiger partial charge in [-0.3, -0.25) is 9.69 Å². The molecule has 1 heterocycles. The number of nitrogens with zero attached hydrogens (tertiary/aromatic N) is 2. The van der Waals surface area contributed by atoms with E-state index in [-0.39, 0.29) is 18.9 Å². The summed E-state index contributed by atoms with van der Waals surface area (Å²) in [6.07, 6.45) is -1.04. The maximum atomic E-state index is 11.4. The van der Waals surface area contributed by atoms with Gasteiger partial charge in [0.1, 0.15) is 0 Å². The van der Waals surface area contributed by atoms with Crippen molar-refractivity contribution in [2.24, 2.45) is 0 Å². The van der Waals surface area contributed by atoms with Gasteiger partial charge >= 0.3 is 6.09 Å². The van der Waals surface area contributed by atoms with Gasteiger partial charge < -0.3 is 10.0 Å². The number of rotatable bonds is 1. The number of hydrogen-bond donors (Lipinski definition) is 1. The monoisotopic (exact) mass is 198 g/mol. The van der Waals surface area contributed by atoms with Gasteiger partial charge in [-0.15, -0.1) is 0 Å². The third kappa shape index (κ3) is 1.86. The third-order valence-electron chi connectivity index (χ3n) is 2.40. The molecule has 78 valence electrons. The molecule has 0 aromatic heterocycles. The lowest BCUT2D eigenvalue weighted by Crippen LogP contribution is -2.26. The molecule has 0 bridgehead atoms. The van der Waals surface area contributed by atoms with Crippen LogP contribution in [0.15, 0.2) is 11.3 Å². The van der Waals surface area contributed by atoms with Crippen LogP contribution in [0.4, 0.5) is 4.79 Å². The molecule has 1 fully saturated rings. The first-order valence-electron chi connectivity index (χ1n) is 4.31. The second-order valence-corrected chi connectivity index (χ2v) is 3.52. The highest BCUT2D eigenvalue weighted by Gasteiger charge is 2.30. The minimum atomic E-state index is -1.04. The molecular formula is C9H14N2O3. The van der Waals surface area contributed by atoms with Gasteiger partial charge in [0.25, 0.3) is 0 Å². The second kappa shape index (κ2) is 3.69. The van der Waals surface area contributed by atoms with E-state index in [0.717, 1.165) is 10.6 Å². The summed E-state index contributed by atoms with van der Waals surface area (Å²) in [6.45, 7) is 2.01. The Hall–Kier alpha value is -1.52. The normalized spacial score (nSPS) is 19.9. The quantitative estimate of drug-likeness (QED) is 0.619. The lowest BCUT2D eigenvalue weighted by molar-refractivity contribution is -0.114. The maximum absolute atomic E-state index is 11.4. The molecule has 1 saturated heterocycles. The first-order chi connectivity index (χ1) is 6.43. The second-order valence-electron chi connectivity index (χ2n) is 3.52. The van der Waals surface area contributed by atoms with Crippen molar-refractivity contribution in [3.8, 4) is 0 Å². The van der Waals surface area contributed by atoms with E-state index in [9.17, 15) is 9.59 Å². The van der Waals surface area contributed by atoms with Gasteiger partial charge in [-0.05, 0) is 6.92 Å². The number of amides is 1. The van der Waals surface area contributed by atoms with Crippen LogP contribution in [0.2, 0.25) is 0 Å². The van der Waals surface area contributed by atoms with Crippen LogP contribution in [0.25, 0.3) is 0 Å². The first-order valence-corrected chi connectivity index (χ1v) is 4.31. The molecule has 5 heteroatoms. The average molecular weight is 198 g/mol. The highest BCUT2D eigenvalue weighted by atomic mass is 16.4. The molecule has 14 heavy (non-hydrogen) atoms. The van der Waals surface area contributed by atoms with Gasteiger partial charge in [-0.2, -0.15) is 0 Å². The summed E-state index contributed by atoms with van der Waals surface area (Å²) in [4.78, 5) is 25.0. The van der Waals surface area contributed by atoms with E-state index >= 15 is 0 Å². The van der Waals surface area contributed by atoms with Gasteiger partial charge in [0, 0.05) is 25.4 Å². The Balaban J connectivity index is 2.90. The van der Waals surface area contributed by atoms with E-state index in [1.807, 2.05) is 25.9 Å². The molecule has 0 spiro atoms. The molecule has 5 nitrogen and oxygen atoms in total. The zero-order chi connectivity index (χ0) is 10.9. The van der Waals surface area contributed by atoms with Crippen molar-refractivity contribution in [1.29, 1.82) is 0 Å². The number of hydrogen-bond acceptors (Lipinski definition) is 3. The summed E-state index contributed by atoms with van der Waals surface area (Å²) in [5.41, 5.74) is 1.43. The van der Waals surface area contributed by atoms with Gasteiger partial charge in [-0.25, -0.2) is 4.79 Å². The molecule has 1 amide bonds. The van der Waals surface area contributed by atoms with Crippen LogP contribution in [0.5, 0.6) is 0 Å². The van der Waals surface area contributed by atoms with Crippen LogP contribution < -0.4 is 0 Å². The highest BCUT2D eigenvalue weighted by Crippen LogP contribution is 2.16. The molecule has 0 atom stereocenters. The molecule has 1 rings (SSSR count). The molecule has 0 saturated carbocycles. The van der Waals surface area contributed by atoms with E-state index in [1.165, 1.54) is 0 Å². The number of Topliss-reactive ketones (excluding diaryl/α,β-unsaturated/α-hetero) is 1. The SMILES string of the molecule is C/C(=C1\CN(C(=O)O)CC1=O)N(C)C. The number of ketones is 1. The van der Waals surface area contributed by atoms with Gasteiger partial charge in [0.2, 0.25) is 0 Å². The summed E-state index contributed by atoms with van der Waals surface area (Å²) in [7, 11) is 3.66. The summed E-state index contributed by atoms with van der Waals surface area (Å²) >= 11 is 0. The fraction of sp³-hybridized carbons (Fsp3) is 0.556. The molecule has 0 aliphatic carbocycles. The smallest absolute Gasteiger partial charge is 0.408 e. The van der Waals surface area contributed by atoms with E-state index in [0.29, 0.717) is 5.57 Å². The number of carbonyl (C=O) groups is 2. The predicted octanol–water partition coefficient (Wildman–Crippen LogP) is 0.385. The van der Waals surface area contributed by atoms with Gasteiger partial charge in [-0.1, -0.05) is 0 Å². The van der Waals surface area contributed by atoms with Crippen LogP contribution in [0.1, 0.15) is 6.92 Å². The Morgan fingerprint density at radius 3 is 2.36 bits per heavy atom. The van der Waals surface area contributed by atoms with Crippen molar-refractivity contribution in [1.82, 2.24) is 9.80 Å². The van der Waals surface area contributed by atoms with Crippen molar-refractivity contribution in [3.05, 3.63) is 11.3 Å². The molecular weight excluding hydrogens is 184 g/mol. The predicted molar refractivity (Wildman–Crippen MR) is 51.0 cm³/mol. The van der Waals surface area contributed by atoms with Crippen molar-refractivity contribution in [2.45, 2.75) is 6.92 Å². The van der Waals surface area contributed by atoms with E-state index in [2.05, 4.69) is 0 Å². The number of carboxylic acid groups (broad SMARTS) is 1. The Kier molecular flexibility index (Phi) is 2.78. The summed E-state index contributed by atoms with van der Waals surface area (Å²) in [6, 6.07) is 0. The van der Waals surface area contributed by atoms with Crippen LogP contribution in [0, 0.1) is 0 Å². The topological polar surface area (TPSA) is 60.9 Å². The lowest BCUT2D eigenvalue weighted by atomic mass is 10.1. The first kappa shape index (κ1) is 10.6. The third-order valence-corrected chi connectivity index (χ3v) is 2.40. The molecule has 0 unspecified atom stereocenters. The fourth-order valence-electron chi connectivity index (χ4n) is 1.33. The molecule has 0 radical (unpaired) electrons. The molecule has 1 aliphatic heterocycles. The Labute approximate surface area is 82.6 Å². The van der Waals surface area contributed by atoms with Crippen molar-refractivity contribution < 1.29 is 14.7 Å². The van der Waals surface area contributed by atoms with E-state index in [4.69, 9.17) is 5.11 Å². The van der Waals surface area contributed by atoms with E-state index < -0.39 is 6.09 Å². The molecule has 0 aromatic carbocycles. The fourth-order valence-corrected chi connectivity index (χ4v) is 1.33. The largest absolute Gasteiger partial charge is 0.465 e. The highest BCUT2D eigenvalue weighted by molar-refractivity contribution is 6.02. The zero-order valence-electron chi connectivity index (χ0n) is 8.57. The van der Waals surface area contributed by atoms with Crippen molar-refractivity contribution in [3.63, 3.8) is 0 Å². The lowest BCUT2D eigenvalue weighted by Gasteiger charge is -2.15. The zero-order valence-corrected chi connectivity index (χ0v) is 8.57. The Bertz CT molecular complexity index is 307. The Morgan fingerprint density at radius 2 is 2.00 bits per heavy atom.